The smallest absolute Gasteiger partial charge is 0.189 e. The second-order valence-electron chi connectivity index (χ2n) is 5.21. The molecular formula is C15H11ClN6. The molecule has 1 fully saturated rings. The fourth-order valence-corrected chi connectivity index (χ4v) is 2.86. The minimum atomic E-state index is 0.307. The summed E-state index contributed by atoms with van der Waals surface area (Å²) in [4.78, 5) is 21.7. The van der Waals surface area contributed by atoms with Crippen LogP contribution in [0.1, 0.15) is 11.7 Å². The number of aromatic amines is 1. The van der Waals surface area contributed by atoms with Crippen molar-refractivity contribution in [2.75, 3.05) is 18.0 Å². The van der Waals surface area contributed by atoms with E-state index >= 15 is 0 Å². The molecule has 1 aliphatic rings. The summed E-state index contributed by atoms with van der Waals surface area (Å²) in [6, 6.07) is 5.49. The molecule has 4 rings (SSSR count). The van der Waals surface area contributed by atoms with Gasteiger partial charge in [-0.05, 0) is 12.1 Å². The van der Waals surface area contributed by atoms with Gasteiger partial charge < -0.3 is 9.88 Å². The van der Waals surface area contributed by atoms with Crippen LogP contribution < -0.4 is 4.90 Å². The van der Waals surface area contributed by atoms with Gasteiger partial charge in [-0.25, -0.2) is 19.8 Å². The van der Waals surface area contributed by atoms with Crippen molar-refractivity contribution in [3.63, 3.8) is 0 Å². The predicted octanol–water partition coefficient (Wildman–Crippen LogP) is 3.16. The highest BCUT2D eigenvalue weighted by Gasteiger charge is 2.32. The van der Waals surface area contributed by atoms with E-state index in [9.17, 15) is 0 Å². The van der Waals surface area contributed by atoms with Gasteiger partial charge in [-0.3, -0.25) is 0 Å². The first-order chi connectivity index (χ1) is 10.7. The molecular weight excluding hydrogens is 300 g/mol. The molecule has 0 spiro atoms. The normalized spacial score (nSPS) is 14.8. The summed E-state index contributed by atoms with van der Waals surface area (Å²) >= 11 is 6.06. The topological polar surface area (TPSA) is 62.1 Å². The van der Waals surface area contributed by atoms with Gasteiger partial charge in [-0.1, -0.05) is 17.7 Å². The summed E-state index contributed by atoms with van der Waals surface area (Å²) < 4.78 is 0. The number of H-pyrrole nitrogens is 1. The van der Waals surface area contributed by atoms with Crippen LogP contribution in [-0.4, -0.2) is 33.0 Å². The van der Waals surface area contributed by atoms with Crippen LogP contribution in [0.25, 0.3) is 15.9 Å². The quantitative estimate of drug-likeness (QED) is 0.739. The van der Waals surface area contributed by atoms with Gasteiger partial charge in [0.05, 0.1) is 23.5 Å². The predicted molar refractivity (Wildman–Crippen MR) is 84.4 cm³/mol. The van der Waals surface area contributed by atoms with E-state index in [0.717, 1.165) is 29.9 Å². The molecule has 1 N–H and O–H groups in total. The Kier molecular flexibility index (Phi) is 2.94. The zero-order chi connectivity index (χ0) is 15.1. The van der Waals surface area contributed by atoms with Gasteiger partial charge in [0.2, 0.25) is 0 Å². The van der Waals surface area contributed by atoms with E-state index in [1.165, 1.54) is 0 Å². The zero-order valence-electron chi connectivity index (χ0n) is 11.5. The fraction of sp³-hybridized carbons (Fsp3) is 0.200. The number of benzene rings is 1. The van der Waals surface area contributed by atoms with Crippen LogP contribution in [0.4, 0.5) is 11.5 Å². The summed E-state index contributed by atoms with van der Waals surface area (Å²) in [6.07, 6.45) is 3.22. The van der Waals surface area contributed by atoms with Crippen LogP contribution in [0.15, 0.2) is 30.6 Å². The molecule has 0 unspecified atom stereocenters. The fourth-order valence-electron chi connectivity index (χ4n) is 2.63. The van der Waals surface area contributed by atoms with Crippen LogP contribution in [0.5, 0.6) is 0 Å². The van der Waals surface area contributed by atoms with Crippen molar-refractivity contribution in [3.8, 4) is 0 Å². The lowest BCUT2D eigenvalue weighted by atomic mass is 10.00. The van der Waals surface area contributed by atoms with Crippen LogP contribution in [0.3, 0.4) is 0 Å². The molecule has 1 aliphatic heterocycles. The second-order valence-corrected chi connectivity index (χ2v) is 5.57. The molecule has 7 heteroatoms. The van der Waals surface area contributed by atoms with E-state index in [4.69, 9.17) is 18.2 Å². The lowest BCUT2D eigenvalue weighted by molar-refractivity contribution is 0.500. The van der Waals surface area contributed by atoms with Gasteiger partial charge in [-0.2, -0.15) is 0 Å². The standard InChI is InChI=1S/C15H11ClN6/c1-17-10-2-3-11-12(6-10)21-14(20-11)9-7-22(8-9)15-13(16)18-4-5-19-15/h2-6,9H,7-8H2,(H,20,21). The van der Waals surface area contributed by atoms with Gasteiger partial charge in [-0.15, -0.1) is 0 Å². The third-order valence-electron chi connectivity index (χ3n) is 3.82. The first-order valence-electron chi connectivity index (χ1n) is 6.83. The number of nitrogens with one attached hydrogen (secondary N) is 1. The van der Waals surface area contributed by atoms with Gasteiger partial charge in [0.25, 0.3) is 0 Å². The maximum atomic E-state index is 7.06. The average Bonchev–Trinajstić information content (AvgIpc) is 2.90. The van der Waals surface area contributed by atoms with Gasteiger partial charge in [0, 0.05) is 25.5 Å². The highest BCUT2D eigenvalue weighted by molar-refractivity contribution is 6.31. The average molecular weight is 311 g/mol. The first kappa shape index (κ1) is 13.0. The molecule has 108 valence electrons. The molecule has 3 heterocycles. The van der Waals surface area contributed by atoms with Crippen molar-refractivity contribution in [3.05, 3.63) is 53.0 Å². The Balaban J connectivity index is 1.56. The number of anilines is 1. The van der Waals surface area contributed by atoms with Crippen LogP contribution in [0, 0.1) is 6.57 Å². The van der Waals surface area contributed by atoms with E-state index in [2.05, 4.69) is 29.7 Å². The molecule has 22 heavy (non-hydrogen) atoms. The number of hydrogen-bond acceptors (Lipinski definition) is 4. The molecule has 2 aromatic heterocycles. The van der Waals surface area contributed by atoms with E-state index in [0.29, 0.717) is 22.6 Å². The molecule has 6 nitrogen and oxygen atoms in total. The Morgan fingerprint density at radius 1 is 1.27 bits per heavy atom. The van der Waals surface area contributed by atoms with Crippen molar-refractivity contribution >= 4 is 34.1 Å². The Hall–Kier alpha value is -2.65. The minimum absolute atomic E-state index is 0.307. The minimum Gasteiger partial charge on any atom is -0.352 e. The Morgan fingerprint density at radius 2 is 2.09 bits per heavy atom. The van der Waals surface area contributed by atoms with E-state index < -0.39 is 0 Å². The molecule has 0 bridgehead atoms. The Labute approximate surface area is 131 Å². The molecule has 0 amide bonds. The number of hydrogen-bond donors (Lipinski definition) is 1. The molecule has 1 aromatic carbocycles. The van der Waals surface area contributed by atoms with E-state index in [1.807, 2.05) is 12.1 Å². The monoisotopic (exact) mass is 310 g/mol. The number of fused-ring (bicyclic) bond motifs is 1. The molecule has 0 aliphatic carbocycles. The highest BCUT2D eigenvalue weighted by atomic mass is 35.5. The maximum absolute atomic E-state index is 7.06. The molecule has 3 aromatic rings. The molecule has 1 saturated heterocycles. The lowest BCUT2D eigenvalue weighted by Gasteiger charge is -2.39. The van der Waals surface area contributed by atoms with Crippen LogP contribution >= 0.6 is 11.6 Å². The number of imidazole rings is 1. The van der Waals surface area contributed by atoms with Crippen molar-refractivity contribution in [1.29, 1.82) is 0 Å². The van der Waals surface area contributed by atoms with Gasteiger partial charge >= 0.3 is 0 Å². The van der Waals surface area contributed by atoms with Crippen LogP contribution in [-0.2, 0) is 0 Å². The van der Waals surface area contributed by atoms with Crippen LogP contribution in [0.2, 0.25) is 5.15 Å². The summed E-state index contributed by atoms with van der Waals surface area (Å²) in [6.45, 7) is 8.66. The SMILES string of the molecule is [C-]#[N+]c1ccc2nc(C3CN(c4nccnc4Cl)C3)[nH]c2c1. The van der Waals surface area contributed by atoms with E-state index in [-0.39, 0.29) is 0 Å². The third kappa shape index (κ3) is 2.07. The number of rotatable bonds is 2. The second kappa shape index (κ2) is 4.97. The van der Waals surface area contributed by atoms with Gasteiger partial charge in [0.15, 0.2) is 16.7 Å². The van der Waals surface area contributed by atoms with Crippen molar-refractivity contribution in [1.82, 2.24) is 19.9 Å². The van der Waals surface area contributed by atoms with Crippen molar-refractivity contribution in [2.24, 2.45) is 0 Å². The first-order valence-corrected chi connectivity index (χ1v) is 7.21. The summed E-state index contributed by atoms with van der Waals surface area (Å²) in [7, 11) is 0. The summed E-state index contributed by atoms with van der Waals surface area (Å²) in [5, 5.41) is 0.423. The summed E-state index contributed by atoms with van der Waals surface area (Å²) in [5.74, 6) is 1.96. The van der Waals surface area contributed by atoms with Crippen molar-refractivity contribution in [2.45, 2.75) is 5.92 Å². The third-order valence-corrected chi connectivity index (χ3v) is 4.08. The van der Waals surface area contributed by atoms with Gasteiger partial charge in [0.1, 0.15) is 5.82 Å². The number of halogens is 1. The largest absolute Gasteiger partial charge is 0.352 e. The van der Waals surface area contributed by atoms with Crippen molar-refractivity contribution < 1.29 is 0 Å². The summed E-state index contributed by atoms with van der Waals surface area (Å²) in [5.41, 5.74) is 2.40. The Morgan fingerprint density at radius 3 is 2.86 bits per heavy atom. The maximum Gasteiger partial charge on any atom is 0.189 e. The Bertz CT molecular complexity index is 890. The van der Waals surface area contributed by atoms with E-state index in [1.54, 1.807) is 18.5 Å². The number of nitrogens with zero attached hydrogens (tertiary/aromatic N) is 5. The lowest BCUT2D eigenvalue weighted by Crippen LogP contribution is -2.46. The molecule has 0 radical (unpaired) electrons. The molecule has 0 atom stereocenters. The zero-order valence-corrected chi connectivity index (χ0v) is 12.2. The number of aromatic nitrogens is 4. The highest BCUT2D eigenvalue weighted by Crippen LogP contribution is 2.33. The molecule has 0 saturated carbocycles.